The predicted molar refractivity (Wildman–Crippen MR) is 122 cm³/mol. The molecule has 0 atom stereocenters. The van der Waals surface area contributed by atoms with Crippen molar-refractivity contribution in [2.24, 2.45) is 7.05 Å². The van der Waals surface area contributed by atoms with Crippen LogP contribution in [0.1, 0.15) is 41.3 Å². The third-order valence-corrected chi connectivity index (χ3v) is 5.75. The van der Waals surface area contributed by atoms with Crippen LogP contribution in [0.5, 0.6) is 17.2 Å². The highest BCUT2D eigenvalue weighted by Crippen LogP contribution is 2.40. The molecule has 2 heterocycles. The van der Waals surface area contributed by atoms with E-state index in [2.05, 4.69) is 11.8 Å². The maximum Gasteiger partial charge on any atom is 0.231 e. The van der Waals surface area contributed by atoms with Crippen LogP contribution in [0.25, 0.3) is 17.0 Å². The zero-order valence-corrected chi connectivity index (χ0v) is 18.4. The number of rotatable bonds is 7. The Hall–Kier alpha value is -3.25. The first kappa shape index (κ1) is 21.0. The summed E-state index contributed by atoms with van der Waals surface area (Å²) < 4.78 is 13.4. The number of fused-ring (bicyclic) bond motifs is 2. The Labute approximate surface area is 182 Å². The standard InChI is InChI=1S/C25H28N2O4/c1-5-6-11-26(2)15-20-22(28)10-8-18-24(29)23(31-25(18)20)12-16-14-27(3)21-9-7-17(30-4)13-19(16)21/h7-10,12-14,28H,5-6,11,15H2,1-4H3. The van der Waals surface area contributed by atoms with Crippen LogP contribution in [-0.4, -0.2) is 41.1 Å². The van der Waals surface area contributed by atoms with E-state index < -0.39 is 0 Å². The van der Waals surface area contributed by atoms with Gasteiger partial charge in [-0.2, -0.15) is 0 Å². The molecular weight excluding hydrogens is 392 g/mol. The van der Waals surface area contributed by atoms with Crippen LogP contribution in [0, 0.1) is 0 Å². The Morgan fingerprint density at radius 1 is 1.26 bits per heavy atom. The molecule has 1 aromatic heterocycles. The van der Waals surface area contributed by atoms with E-state index >= 15 is 0 Å². The Bertz CT molecular complexity index is 1180. The molecule has 0 saturated heterocycles. The van der Waals surface area contributed by atoms with Crippen molar-refractivity contribution in [2.45, 2.75) is 26.3 Å². The topological polar surface area (TPSA) is 63.9 Å². The summed E-state index contributed by atoms with van der Waals surface area (Å²) in [6.45, 7) is 3.57. The second-order valence-electron chi connectivity index (χ2n) is 8.05. The maximum absolute atomic E-state index is 13.1. The summed E-state index contributed by atoms with van der Waals surface area (Å²) in [5, 5.41) is 11.4. The van der Waals surface area contributed by atoms with Crippen LogP contribution >= 0.6 is 0 Å². The minimum absolute atomic E-state index is 0.144. The number of aromatic hydroxyl groups is 1. The number of hydrogen-bond acceptors (Lipinski definition) is 5. The number of phenolic OH excluding ortho intramolecular Hbond substituents is 1. The minimum atomic E-state index is -0.174. The minimum Gasteiger partial charge on any atom is -0.507 e. The number of nitrogens with zero attached hydrogens (tertiary/aromatic N) is 2. The summed E-state index contributed by atoms with van der Waals surface area (Å²) in [5.41, 5.74) is 3.04. The van der Waals surface area contributed by atoms with Gasteiger partial charge in [-0.1, -0.05) is 13.3 Å². The van der Waals surface area contributed by atoms with Gasteiger partial charge in [-0.25, -0.2) is 0 Å². The largest absolute Gasteiger partial charge is 0.507 e. The summed E-state index contributed by atoms with van der Waals surface area (Å²) in [4.78, 5) is 15.2. The third kappa shape index (κ3) is 3.91. The first-order valence-corrected chi connectivity index (χ1v) is 10.5. The summed E-state index contributed by atoms with van der Waals surface area (Å²) in [6.07, 6.45) is 5.90. The number of allylic oxidation sites excluding steroid dienone is 1. The van der Waals surface area contributed by atoms with Crippen molar-refractivity contribution in [3.8, 4) is 17.2 Å². The molecule has 6 heteroatoms. The summed E-state index contributed by atoms with van der Waals surface area (Å²) in [5.74, 6) is 1.44. The van der Waals surface area contributed by atoms with Crippen molar-refractivity contribution >= 4 is 22.8 Å². The number of carbonyl (C=O) groups excluding carboxylic acids is 1. The van der Waals surface area contributed by atoms with E-state index in [-0.39, 0.29) is 17.3 Å². The molecule has 4 rings (SSSR count). The lowest BCUT2D eigenvalue weighted by Crippen LogP contribution is -2.19. The number of aryl methyl sites for hydroxylation is 1. The van der Waals surface area contributed by atoms with Gasteiger partial charge in [-0.05, 0) is 56.4 Å². The van der Waals surface area contributed by atoms with Crippen LogP contribution in [0.15, 0.2) is 42.3 Å². The van der Waals surface area contributed by atoms with Crippen molar-refractivity contribution in [1.29, 1.82) is 0 Å². The van der Waals surface area contributed by atoms with Gasteiger partial charge in [0.05, 0.1) is 18.2 Å². The number of Topliss-reactive ketones (excluding diaryl/α,β-unsaturated/α-hetero) is 1. The van der Waals surface area contributed by atoms with Gasteiger partial charge in [0.15, 0.2) is 5.76 Å². The first-order chi connectivity index (χ1) is 14.9. The Balaban J connectivity index is 1.71. The van der Waals surface area contributed by atoms with E-state index in [9.17, 15) is 9.90 Å². The molecule has 162 valence electrons. The molecule has 31 heavy (non-hydrogen) atoms. The fourth-order valence-electron chi connectivity index (χ4n) is 4.01. The highest BCUT2D eigenvalue weighted by Gasteiger charge is 2.31. The Morgan fingerprint density at radius 3 is 2.81 bits per heavy atom. The van der Waals surface area contributed by atoms with Crippen molar-refractivity contribution in [3.63, 3.8) is 0 Å². The van der Waals surface area contributed by atoms with Crippen molar-refractivity contribution in [1.82, 2.24) is 9.47 Å². The molecule has 2 aromatic carbocycles. The van der Waals surface area contributed by atoms with E-state index in [0.717, 1.165) is 41.6 Å². The molecule has 0 amide bonds. The molecule has 0 radical (unpaired) electrons. The average Bonchev–Trinajstić information content (AvgIpc) is 3.25. The summed E-state index contributed by atoms with van der Waals surface area (Å²) in [7, 11) is 5.60. The molecule has 0 bridgehead atoms. The monoisotopic (exact) mass is 420 g/mol. The van der Waals surface area contributed by atoms with Crippen LogP contribution < -0.4 is 9.47 Å². The quantitative estimate of drug-likeness (QED) is 0.560. The van der Waals surface area contributed by atoms with E-state index in [0.29, 0.717) is 23.4 Å². The van der Waals surface area contributed by atoms with Gasteiger partial charge in [0.25, 0.3) is 0 Å². The lowest BCUT2D eigenvalue weighted by atomic mass is 10.0. The highest BCUT2D eigenvalue weighted by molar-refractivity contribution is 6.15. The number of ether oxygens (including phenoxy) is 2. The fraction of sp³-hybridized carbons (Fsp3) is 0.320. The van der Waals surface area contributed by atoms with Gasteiger partial charge in [-0.3, -0.25) is 4.79 Å². The molecular formula is C25H28N2O4. The number of unbranched alkanes of at least 4 members (excludes halogenated alkanes) is 1. The van der Waals surface area contributed by atoms with Gasteiger partial charge in [0, 0.05) is 36.3 Å². The Morgan fingerprint density at radius 2 is 2.06 bits per heavy atom. The number of phenols is 1. The highest BCUT2D eigenvalue weighted by atomic mass is 16.5. The molecule has 1 N–H and O–H groups in total. The normalized spacial score (nSPS) is 14.5. The summed E-state index contributed by atoms with van der Waals surface area (Å²) >= 11 is 0. The lowest BCUT2D eigenvalue weighted by molar-refractivity contribution is 0.101. The van der Waals surface area contributed by atoms with Crippen LogP contribution in [0.4, 0.5) is 0 Å². The number of methoxy groups -OCH3 is 1. The van der Waals surface area contributed by atoms with E-state index in [4.69, 9.17) is 9.47 Å². The second kappa shape index (κ2) is 8.47. The number of hydrogen-bond donors (Lipinski definition) is 1. The van der Waals surface area contributed by atoms with E-state index in [1.165, 1.54) is 0 Å². The molecule has 3 aromatic rings. The maximum atomic E-state index is 13.1. The number of aromatic nitrogens is 1. The van der Waals surface area contributed by atoms with Crippen molar-refractivity contribution < 1.29 is 19.4 Å². The molecule has 0 spiro atoms. The SMILES string of the molecule is CCCCN(C)Cc1c(O)ccc2c1OC(=Cc1cn(C)c3ccc(OC)cc13)C2=O. The Kier molecular flexibility index (Phi) is 5.74. The zero-order chi connectivity index (χ0) is 22.1. The molecule has 1 aliphatic heterocycles. The van der Waals surface area contributed by atoms with E-state index in [1.807, 2.05) is 43.1 Å². The van der Waals surface area contributed by atoms with E-state index in [1.54, 1.807) is 25.3 Å². The molecule has 0 fully saturated rings. The van der Waals surface area contributed by atoms with Crippen molar-refractivity contribution in [2.75, 3.05) is 20.7 Å². The van der Waals surface area contributed by atoms with Gasteiger partial charge >= 0.3 is 0 Å². The van der Waals surface area contributed by atoms with Crippen LogP contribution in [0.2, 0.25) is 0 Å². The molecule has 0 aliphatic carbocycles. The molecule has 1 aliphatic rings. The summed E-state index contributed by atoms with van der Waals surface area (Å²) in [6, 6.07) is 9.07. The van der Waals surface area contributed by atoms with Crippen LogP contribution in [-0.2, 0) is 13.6 Å². The second-order valence-corrected chi connectivity index (χ2v) is 8.05. The number of ketones is 1. The number of benzene rings is 2. The molecule has 0 saturated carbocycles. The van der Waals surface area contributed by atoms with Crippen LogP contribution in [0.3, 0.4) is 0 Å². The predicted octanol–water partition coefficient (Wildman–Crippen LogP) is 4.74. The van der Waals surface area contributed by atoms with Gasteiger partial charge < -0.3 is 24.0 Å². The average molecular weight is 421 g/mol. The molecule has 0 unspecified atom stereocenters. The molecule has 6 nitrogen and oxygen atoms in total. The lowest BCUT2D eigenvalue weighted by Gasteiger charge is -2.18. The van der Waals surface area contributed by atoms with Gasteiger partial charge in [0.1, 0.15) is 17.2 Å². The van der Waals surface area contributed by atoms with Gasteiger partial charge in [0.2, 0.25) is 5.78 Å². The van der Waals surface area contributed by atoms with Gasteiger partial charge in [-0.15, -0.1) is 0 Å². The number of carbonyl (C=O) groups is 1. The van der Waals surface area contributed by atoms with Crippen molar-refractivity contribution in [3.05, 3.63) is 59.0 Å². The fourth-order valence-corrected chi connectivity index (χ4v) is 4.01. The third-order valence-electron chi connectivity index (χ3n) is 5.75. The smallest absolute Gasteiger partial charge is 0.231 e. The first-order valence-electron chi connectivity index (χ1n) is 10.5. The zero-order valence-electron chi connectivity index (χ0n) is 18.4.